The molecule has 1 N–H and O–H groups in total. The predicted octanol–water partition coefficient (Wildman–Crippen LogP) is 2.90. The van der Waals surface area contributed by atoms with Crippen LogP contribution >= 0.6 is 11.6 Å². The third-order valence-electron chi connectivity index (χ3n) is 3.04. The zero-order valence-corrected chi connectivity index (χ0v) is 11.8. The lowest BCUT2D eigenvalue weighted by atomic mass is 9.77. The number of amides is 1. The lowest BCUT2D eigenvalue weighted by Crippen LogP contribution is -2.41. The number of para-hydroxylation sites is 1. The van der Waals surface area contributed by atoms with Gasteiger partial charge in [-0.25, -0.2) is 0 Å². The summed E-state index contributed by atoms with van der Waals surface area (Å²) in [5, 5.41) is 2.99. The maximum absolute atomic E-state index is 12.4. The number of nitrogens with one attached hydrogen (secondary N) is 1. The minimum absolute atomic E-state index is 0.0528. The smallest absolute Gasteiger partial charge is 0.240 e. The number of rotatable bonds is 5. The van der Waals surface area contributed by atoms with E-state index in [4.69, 9.17) is 24.4 Å². The highest BCUT2D eigenvalue weighted by Crippen LogP contribution is 2.31. The molecule has 1 rings (SSSR count). The lowest BCUT2D eigenvalue weighted by molar-refractivity contribution is -0.137. The van der Waals surface area contributed by atoms with Crippen LogP contribution in [0.15, 0.2) is 24.3 Å². The molecule has 0 fully saturated rings. The minimum atomic E-state index is -1.41. The summed E-state index contributed by atoms with van der Waals surface area (Å²) in [7, 11) is 0. The molecule has 0 aliphatic rings. The van der Waals surface area contributed by atoms with Gasteiger partial charge in [0, 0.05) is 12.8 Å². The van der Waals surface area contributed by atoms with Crippen LogP contribution in [-0.4, -0.2) is 11.7 Å². The van der Waals surface area contributed by atoms with E-state index in [0.29, 0.717) is 10.7 Å². The standard InChI is InChI=1S/C16H14ClNO2/c1-4-10-16(11-5-2,12(3)19)15(20)18-14-9-7-6-8-13(14)17/h1-2,6-9H,10-11H2,3H3,(H,18,20). The predicted molar refractivity (Wildman–Crippen MR) is 80.1 cm³/mol. The molecule has 1 aromatic carbocycles. The van der Waals surface area contributed by atoms with Crippen LogP contribution in [0.1, 0.15) is 19.8 Å². The molecule has 0 aliphatic carbocycles. The molecule has 0 saturated heterocycles. The Morgan fingerprint density at radius 2 is 1.80 bits per heavy atom. The molecule has 1 amide bonds. The first-order valence-corrected chi connectivity index (χ1v) is 6.29. The van der Waals surface area contributed by atoms with E-state index >= 15 is 0 Å². The van der Waals surface area contributed by atoms with Gasteiger partial charge in [-0.3, -0.25) is 9.59 Å². The van der Waals surface area contributed by atoms with E-state index in [1.54, 1.807) is 24.3 Å². The number of benzene rings is 1. The van der Waals surface area contributed by atoms with Gasteiger partial charge >= 0.3 is 0 Å². The van der Waals surface area contributed by atoms with Gasteiger partial charge in [0.1, 0.15) is 11.2 Å². The first-order valence-electron chi connectivity index (χ1n) is 5.92. The van der Waals surface area contributed by atoms with Crippen molar-refractivity contribution < 1.29 is 9.59 Å². The number of Topliss-reactive ketones (excluding diaryl/α,β-unsaturated/α-hetero) is 1. The monoisotopic (exact) mass is 287 g/mol. The molecule has 0 bridgehead atoms. The molecule has 4 heteroatoms. The van der Waals surface area contributed by atoms with Crippen LogP contribution in [0.3, 0.4) is 0 Å². The van der Waals surface area contributed by atoms with Crippen molar-refractivity contribution in [2.24, 2.45) is 5.41 Å². The molecule has 1 aromatic rings. The van der Waals surface area contributed by atoms with Crippen molar-refractivity contribution in [2.45, 2.75) is 19.8 Å². The van der Waals surface area contributed by atoms with Gasteiger partial charge in [0.25, 0.3) is 0 Å². The Bertz CT molecular complexity index is 592. The molecule has 20 heavy (non-hydrogen) atoms. The maximum atomic E-state index is 12.4. The third-order valence-corrected chi connectivity index (χ3v) is 3.37. The molecule has 0 spiro atoms. The second kappa shape index (κ2) is 6.80. The van der Waals surface area contributed by atoms with E-state index in [0.717, 1.165) is 0 Å². The molecule has 0 unspecified atom stereocenters. The van der Waals surface area contributed by atoms with Crippen LogP contribution in [0.25, 0.3) is 0 Å². The third kappa shape index (κ3) is 3.20. The second-order valence-electron chi connectivity index (χ2n) is 4.33. The zero-order valence-electron chi connectivity index (χ0n) is 11.1. The van der Waals surface area contributed by atoms with E-state index in [-0.39, 0.29) is 18.6 Å². The van der Waals surface area contributed by atoms with E-state index < -0.39 is 11.3 Å². The van der Waals surface area contributed by atoms with Gasteiger partial charge < -0.3 is 5.32 Å². The maximum Gasteiger partial charge on any atom is 0.240 e. The number of ketones is 1. The van der Waals surface area contributed by atoms with Crippen molar-refractivity contribution in [3.8, 4) is 24.7 Å². The fourth-order valence-corrected chi connectivity index (χ4v) is 1.97. The molecule has 0 radical (unpaired) electrons. The Morgan fingerprint density at radius 1 is 1.25 bits per heavy atom. The van der Waals surface area contributed by atoms with Gasteiger partial charge in [-0.1, -0.05) is 23.7 Å². The summed E-state index contributed by atoms with van der Waals surface area (Å²) < 4.78 is 0. The molecular formula is C16H14ClNO2. The Hall–Kier alpha value is -2.23. The zero-order chi connectivity index (χ0) is 15.2. The summed E-state index contributed by atoms with van der Waals surface area (Å²) in [5.41, 5.74) is -0.998. The highest BCUT2D eigenvalue weighted by Gasteiger charge is 2.42. The van der Waals surface area contributed by atoms with Crippen molar-refractivity contribution in [2.75, 3.05) is 5.32 Å². The number of carbonyl (C=O) groups excluding carboxylic acids is 2. The highest BCUT2D eigenvalue weighted by molar-refractivity contribution is 6.33. The van der Waals surface area contributed by atoms with E-state index in [2.05, 4.69) is 17.2 Å². The van der Waals surface area contributed by atoms with E-state index in [9.17, 15) is 9.59 Å². The Kier molecular flexibility index (Phi) is 5.38. The van der Waals surface area contributed by atoms with Crippen LogP contribution in [0, 0.1) is 30.1 Å². The van der Waals surface area contributed by atoms with Gasteiger partial charge in [-0.05, 0) is 19.1 Å². The van der Waals surface area contributed by atoms with Crippen molar-refractivity contribution in [1.29, 1.82) is 0 Å². The number of anilines is 1. The van der Waals surface area contributed by atoms with Gasteiger partial charge in [-0.2, -0.15) is 0 Å². The molecule has 3 nitrogen and oxygen atoms in total. The number of halogens is 1. The fourth-order valence-electron chi connectivity index (χ4n) is 1.78. The van der Waals surface area contributed by atoms with E-state index in [1.165, 1.54) is 6.92 Å². The average molecular weight is 288 g/mol. The normalized spacial score (nSPS) is 10.2. The van der Waals surface area contributed by atoms with Gasteiger partial charge in [0.2, 0.25) is 5.91 Å². The molecule has 0 aliphatic heterocycles. The Labute approximate surface area is 123 Å². The van der Waals surface area contributed by atoms with Crippen LogP contribution in [0.5, 0.6) is 0 Å². The van der Waals surface area contributed by atoms with Crippen LogP contribution in [0.2, 0.25) is 5.02 Å². The number of carbonyl (C=O) groups is 2. The number of hydrogen-bond donors (Lipinski definition) is 1. The molecule has 102 valence electrons. The largest absolute Gasteiger partial charge is 0.324 e. The van der Waals surface area contributed by atoms with Crippen molar-refractivity contribution in [3.63, 3.8) is 0 Å². The quantitative estimate of drug-likeness (QED) is 0.668. The Balaban J connectivity index is 3.13. The van der Waals surface area contributed by atoms with Crippen LogP contribution in [0.4, 0.5) is 5.69 Å². The number of hydrogen-bond acceptors (Lipinski definition) is 2. The summed E-state index contributed by atoms with van der Waals surface area (Å²) in [6.45, 7) is 1.31. The number of terminal acetylenes is 2. The van der Waals surface area contributed by atoms with Crippen LogP contribution in [-0.2, 0) is 9.59 Å². The van der Waals surface area contributed by atoms with Crippen molar-refractivity contribution in [1.82, 2.24) is 0 Å². The summed E-state index contributed by atoms with van der Waals surface area (Å²) in [6.07, 6.45) is 10.4. The SMILES string of the molecule is C#CCC(CC#C)(C(C)=O)C(=O)Nc1ccccc1Cl. The fraction of sp³-hybridized carbons (Fsp3) is 0.250. The lowest BCUT2D eigenvalue weighted by Gasteiger charge is -2.26. The summed E-state index contributed by atoms with van der Waals surface area (Å²) >= 11 is 5.97. The average Bonchev–Trinajstić information content (AvgIpc) is 2.40. The Morgan fingerprint density at radius 3 is 2.25 bits per heavy atom. The van der Waals surface area contributed by atoms with Gasteiger partial charge in [-0.15, -0.1) is 24.7 Å². The summed E-state index contributed by atoms with van der Waals surface area (Å²) in [4.78, 5) is 24.3. The topological polar surface area (TPSA) is 46.2 Å². The molecule has 0 heterocycles. The molecule has 0 saturated carbocycles. The molecule has 0 atom stereocenters. The first kappa shape index (κ1) is 15.8. The first-order chi connectivity index (χ1) is 9.47. The second-order valence-corrected chi connectivity index (χ2v) is 4.74. The molecule has 0 aromatic heterocycles. The van der Waals surface area contributed by atoms with Gasteiger partial charge in [0.05, 0.1) is 10.7 Å². The van der Waals surface area contributed by atoms with Crippen molar-refractivity contribution in [3.05, 3.63) is 29.3 Å². The van der Waals surface area contributed by atoms with Crippen molar-refractivity contribution >= 4 is 29.0 Å². The van der Waals surface area contributed by atoms with Crippen LogP contribution < -0.4 is 5.32 Å². The van der Waals surface area contributed by atoms with E-state index in [1.807, 2.05) is 0 Å². The summed E-state index contributed by atoms with van der Waals surface area (Å²) in [6, 6.07) is 6.73. The van der Waals surface area contributed by atoms with Gasteiger partial charge in [0.15, 0.2) is 0 Å². The minimum Gasteiger partial charge on any atom is -0.324 e. The summed E-state index contributed by atoms with van der Waals surface area (Å²) in [5.74, 6) is 3.80. The molecular weight excluding hydrogens is 274 g/mol. The highest BCUT2D eigenvalue weighted by atomic mass is 35.5.